The van der Waals surface area contributed by atoms with Crippen LogP contribution in [0.4, 0.5) is 4.79 Å². The SMILES string of the molecule is CC(OCC1CCCO1)C(=O)OCC1CC(=O)N(C)C(=O)N1C. The Hall–Kier alpha value is -1.67. The Balaban J connectivity index is 1.74. The van der Waals surface area contributed by atoms with Crippen LogP contribution in [0.3, 0.4) is 0 Å². The van der Waals surface area contributed by atoms with E-state index in [-0.39, 0.29) is 25.0 Å². The lowest BCUT2D eigenvalue weighted by Crippen LogP contribution is -2.55. The number of esters is 1. The van der Waals surface area contributed by atoms with E-state index >= 15 is 0 Å². The summed E-state index contributed by atoms with van der Waals surface area (Å²) in [6.07, 6.45) is 1.42. The van der Waals surface area contributed by atoms with Crippen molar-refractivity contribution in [1.82, 2.24) is 9.80 Å². The van der Waals surface area contributed by atoms with Crippen LogP contribution < -0.4 is 0 Å². The molecule has 2 rings (SSSR count). The minimum atomic E-state index is -0.706. The smallest absolute Gasteiger partial charge is 0.335 e. The van der Waals surface area contributed by atoms with E-state index in [0.717, 1.165) is 24.3 Å². The normalized spacial score (nSPS) is 26.6. The summed E-state index contributed by atoms with van der Waals surface area (Å²) in [5.74, 6) is -0.785. The third-order valence-electron chi connectivity index (χ3n) is 4.23. The Kier molecular flexibility index (Phi) is 5.95. The minimum absolute atomic E-state index is 0.0196. The summed E-state index contributed by atoms with van der Waals surface area (Å²) in [7, 11) is 3.02. The van der Waals surface area contributed by atoms with Crippen LogP contribution in [0.25, 0.3) is 0 Å². The van der Waals surface area contributed by atoms with Gasteiger partial charge in [0.2, 0.25) is 5.91 Å². The van der Waals surface area contributed by atoms with Crippen LogP contribution in [0.5, 0.6) is 0 Å². The monoisotopic (exact) mass is 328 g/mol. The molecule has 23 heavy (non-hydrogen) atoms. The topological polar surface area (TPSA) is 85.4 Å². The van der Waals surface area contributed by atoms with Crippen molar-refractivity contribution in [2.45, 2.75) is 44.4 Å². The number of amides is 3. The van der Waals surface area contributed by atoms with Gasteiger partial charge in [-0.05, 0) is 19.8 Å². The number of hydrogen-bond donors (Lipinski definition) is 0. The van der Waals surface area contributed by atoms with Crippen molar-refractivity contribution in [3.05, 3.63) is 0 Å². The zero-order valence-electron chi connectivity index (χ0n) is 13.8. The molecule has 8 nitrogen and oxygen atoms in total. The molecule has 0 saturated carbocycles. The third kappa shape index (κ3) is 4.42. The molecule has 0 spiro atoms. The van der Waals surface area contributed by atoms with Crippen LogP contribution in [-0.2, 0) is 23.8 Å². The highest BCUT2D eigenvalue weighted by atomic mass is 16.6. The second kappa shape index (κ2) is 7.74. The maximum absolute atomic E-state index is 11.9. The molecule has 3 unspecified atom stereocenters. The number of likely N-dealkylation sites (N-methyl/N-ethyl adjacent to an activating group) is 1. The van der Waals surface area contributed by atoms with E-state index in [9.17, 15) is 14.4 Å². The second-order valence-electron chi connectivity index (χ2n) is 5.94. The van der Waals surface area contributed by atoms with E-state index in [1.807, 2.05) is 0 Å². The highest BCUT2D eigenvalue weighted by Gasteiger charge is 2.35. The van der Waals surface area contributed by atoms with Crippen LogP contribution in [0.1, 0.15) is 26.2 Å². The maximum Gasteiger partial charge on any atom is 0.335 e. The van der Waals surface area contributed by atoms with Gasteiger partial charge in [-0.3, -0.25) is 9.69 Å². The van der Waals surface area contributed by atoms with Crippen molar-refractivity contribution in [2.24, 2.45) is 0 Å². The molecule has 2 saturated heterocycles. The summed E-state index contributed by atoms with van der Waals surface area (Å²) in [6.45, 7) is 2.69. The van der Waals surface area contributed by atoms with Gasteiger partial charge in [0.05, 0.1) is 25.2 Å². The molecule has 0 aromatic carbocycles. The third-order valence-corrected chi connectivity index (χ3v) is 4.23. The van der Waals surface area contributed by atoms with Gasteiger partial charge in [-0.2, -0.15) is 0 Å². The van der Waals surface area contributed by atoms with Crippen molar-refractivity contribution in [3.8, 4) is 0 Å². The molecule has 2 fully saturated rings. The fourth-order valence-corrected chi connectivity index (χ4v) is 2.54. The number of urea groups is 1. The number of carbonyl (C=O) groups is 3. The standard InChI is InChI=1S/C15H24N2O6/c1-10(22-9-12-5-4-6-21-12)14(19)23-8-11-7-13(18)17(3)15(20)16(11)2/h10-12H,4-9H2,1-3H3. The molecule has 0 radical (unpaired) electrons. The van der Waals surface area contributed by atoms with E-state index in [0.29, 0.717) is 6.61 Å². The first-order chi connectivity index (χ1) is 10.9. The van der Waals surface area contributed by atoms with Crippen LogP contribution in [0.2, 0.25) is 0 Å². The molecular weight excluding hydrogens is 304 g/mol. The number of hydrogen-bond acceptors (Lipinski definition) is 6. The first kappa shape index (κ1) is 17.7. The summed E-state index contributed by atoms with van der Waals surface area (Å²) in [5, 5.41) is 0. The number of rotatable bonds is 6. The Morgan fingerprint density at radius 3 is 2.74 bits per heavy atom. The highest BCUT2D eigenvalue weighted by molar-refractivity contribution is 5.96. The van der Waals surface area contributed by atoms with Gasteiger partial charge in [0.15, 0.2) is 6.10 Å². The lowest BCUT2D eigenvalue weighted by molar-refractivity contribution is -0.160. The van der Waals surface area contributed by atoms with Crippen LogP contribution in [-0.4, -0.2) is 79.9 Å². The predicted octanol–water partition coefficient (Wildman–Crippen LogP) is 0.396. The average Bonchev–Trinajstić information content (AvgIpc) is 3.05. The van der Waals surface area contributed by atoms with Gasteiger partial charge in [0.25, 0.3) is 0 Å². The molecule has 3 amide bonds. The molecule has 0 aromatic heterocycles. The zero-order chi connectivity index (χ0) is 17.0. The zero-order valence-corrected chi connectivity index (χ0v) is 13.8. The fraction of sp³-hybridized carbons (Fsp3) is 0.800. The predicted molar refractivity (Wildman–Crippen MR) is 79.7 cm³/mol. The van der Waals surface area contributed by atoms with Crippen molar-refractivity contribution in [2.75, 3.05) is 33.9 Å². The van der Waals surface area contributed by atoms with E-state index < -0.39 is 24.1 Å². The summed E-state index contributed by atoms with van der Waals surface area (Å²) in [4.78, 5) is 37.9. The molecule has 2 aliphatic heterocycles. The van der Waals surface area contributed by atoms with Gasteiger partial charge in [0, 0.05) is 20.7 Å². The highest BCUT2D eigenvalue weighted by Crippen LogP contribution is 2.16. The van der Waals surface area contributed by atoms with Crippen LogP contribution in [0.15, 0.2) is 0 Å². The van der Waals surface area contributed by atoms with Gasteiger partial charge >= 0.3 is 12.0 Å². The molecule has 2 heterocycles. The molecular formula is C15H24N2O6. The average molecular weight is 328 g/mol. The van der Waals surface area contributed by atoms with Gasteiger partial charge in [0.1, 0.15) is 6.61 Å². The summed E-state index contributed by atoms with van der Waals surface area (Å²) in [5.41, 5.74) is 0. The maximum atomic E-state index is 11.9. The molecule has 3 atom stereocenters. The largest absolute Gasteiger partial charge is 0.462 e. The van der Waals surface area contributed by atoms with Crippen LogP contribution in [0, 0.1) is 0 Å². The Morgan fingerprint density at radius 2 is 2.09 bits per heavy atom. The molecule has 8 heteroatoms. The molecule has 130 valence electrons. The Morgan fingerprint density at radius 1 is 1.35 bits per heavy atom. The van der Waals surface area contributed by atoms with E-state index in [2.05, 4.69) is 0 Å². The van der Waals surface area contributed by atoms with Gasteiger partial charge in [-0.25, -0.2) is 9.59 Å². The number of ether oxygens (including phenoxy) is 3. The van der Waals surface area contributed by atoms with Crippen LogP contribution >= 0.6 is 0 Å². The molecule has 0 bridgehead atoms. The van der Waals surface area contributed by atoms with Crippen molar-refractivity contribution in [3.63, 3.8) is 0 Å². The summed E-state index contributed by atoms with van der Waals surface area (Å²) >= 11 is 0. The first-order valence-electron chi connectivity index (χ1n) is 7.83. The second-order valence-corrected chi connectivity index (χ2v) is 5.94. The van der Waals surface area contributed by atoms with Gasteiger partial charge in [-0.15, -0.1) is 0 Å². The number of nitrogens with zero attached hydrogens (tertiary/aromatic N) is 2. The quantitative estimate of drug-likeness (QED) is 0.656. The summed E-state index contributed by atoms with van der Waals surface area (Å²) < 4.78 is 16.1. The molecule has 0 aromatic rings. The van der Waals surface area contributed by atoms with E-state index in [4.69, 9.17) is 14.2 Å². The number of imide groups is 1. The lowest BCUT2D eigenvalue weighted by atomic mass is 10.1. The van der Waals surface area contributed by atoms with Crippen molar-refractivity contribution < 1.29 is 28.6 Å². The van der Waals surface area contributed by atoms with Gasteiger partial charge < -0.3 is 19.1 Å². The Labute approximate surface area is 135 Å². The molecule has 0 aliphatic carbocycles. The minimum Gasteiger partial charge on any atom is -0.462 e. The first-order valence-corrected chi connectivity index (χ1v) is 7.83. The van der Waals surface area contributed by atoms with E-state index in [1.165, 1.54) is 11.9 Å². The fourth-order valence-electron chi connectivity index (χ4n) is 2.54. The lowest BCUT2D eigenvalue weighted by Gasteiger charge is -2.35. The van der Waals surface area contributed by atoms with Crippen molar-refractivity contribution in [1.29, 1.82) is 0 Å². The van der Waals surface area contributed by atoms with Crippen molar-refractivity contribution >= 4 is 17.9 Å². The summed E-state index contributed by atoms with van der Waals surface area (Å²) in [6, 6.07) is -0.842. The Bertz CT molecular complexity index is 463. The number of carbonyl (C=O) groups excluding carboxylic acids is 3. The van der Waals surface area contributed by atoms with Gasteiger partial charge in [-0.1, -0.05) is 0 Å². The van der Waals surface area contributed by atoms with E-state index in [1.54, 1.807) is 14.0 Å². The molecule has 2 aliphatic rings. The molecule has 0 N–H and O–H groups in total.